The molecule has 0 unspecified atom stereocenters. The number of hydrogen-bond donors (Lipinski definition) is 4. The molecule has 0 saturated heterocycles. The Bertz CT molecular complexity index is 708. The minimum absolute atomic E-state index is 0.267. The van der Waals surface area contributed by atoms with Gasteiger partial charge in [0.25, 0.3) is 0 Å². The molecule has 0 fully saturated rings. The van der Waals surface area contributed by atoms with Crippen LogP contribution in [0.25, 0.3) is 0 Å². The Morgan fingerprint density at radius 2 is 1.60 bits per heavy atom. The number of rotatable bonds is 5. The van der Waals surface area contributed by atoms with Crippen LogP contribution < -0.4 is 26.2 Å². The minimum atomic E-state index is -0.267. The number of ether oxygens (including phenoxy) is 1. The number of hydrogen-bond acceptors (Lipinski definition) is 3. The number of anilines is 1. The van der Waals surface area contributed by atoms with Crippen molar-refractivity contribution in [2.24, 2.45) is 0 Å². The summed E-state index contributed by atoms with van der Waals surface area (Å²) in [5.74, 6) is 0.535. The lowest BCUT2D eigenvalue weighted by Crippen LogP contribution is -2.47. The average Bonchev–Trinajstić information content (AvgIpc) is 2.61. The third-order valence-corrected chi connectivity index (χ3v) is 3.53. The van der Waals surface area contributed by atoms with Gasteiger partial charge in [-0.05, 0) is 73.3 Å². The standard InChI is InChI=1S/C17H19FN4OS2/c1-2-23-15-9-7-14(8-10-15)20-17(25)22-21-16(24)19-11-12-3-5-13(18)6-4-12/h3-10H,2,11H2,1H3,(H2,19,21,24)(H2,20,22,25). The Morgan fingerprint density at radius 3 is 2.24 bits per heavy atom. The van der Waals surface area contributed by atoms with Gasteiger partial charge in [0.2, 0.25) is 0 Å². The van der Waals surface area contributed by atoms with Gasteiger partial charge < -0.3 is 15.4 Å². The number of halogens is 1. The van der Waals surface area contributed by atoms with Crippen molar-refractivity contribution < 1.29 is 9.13 Å². The van der Waals surface area contributed by atoms with Crippen LogP contribution in [-0.2, 0) is 6.54 Å². The summed E-state index contributed by atoms with van der Waals surface area (Å²) in [5.41, 5.74) is 7.32. The van der Waals surface area contributed by atoms with Crippen LogP contribution >= 0.6 is 24.4 Å². The first-order chi connectivity index (χ1) is 12.1. The first kappa shape index (κ1) is 18.9. The quantitative estimate of drug-likeness (QED) is 0.471. The molecule has 0 aliphatic heterocycles. The molecule has 0 amide bonds. The summed E-state index contributed by atoms with van der Waals surface area (Å²) in [6.07, 6.45) is 0. The summed E-state index contributed by atoms with van der Waals surface area (Å²) in [6.45, 7) is 3.04. The van der Waals surface area contributed by atoms with Gasteiger partial charge in [-0.1, -0.05) is 12.1 Å². The zero-order valence-electron chi connectivity index (χ0n) is 13.6. The molecule has 0 heterocycles. The Kier molecular flexibility index (Phi) is 7.36. The molecule has 8 heteroatoms. The van der Waals surface area contributed by atoms with Crippen molar-refractivity contribution in [1.82, 2.24) is 16.2 Å². The van der Waals surface area contributed by atoms with Crippen molar-refractivity contribution in [3.8, 4) is 5.75 Å². The third kappa shape index (κ3) is 6.90. The summed E-state index contributed by atoms with van der Waals surface area (Å²) in [6, 6.07) is 13.6. The minimum Gasteiger partial charge on any atom is -0.494 e. The molecule has 0 radical (unpaired) electrons. The van der Waals surface area contributed by atoms with Gasteiger partial charge in [0.1, 0.15) is 11.6 Å². The summed E-state index contributed by atoms with van der Waals surface area (Å²) in [7, 11) is 0. The fourth-order valence-electron chi connectivity index (χ4n) is 1.91. The fourth-order valence-corrected chi connectivity index (χ4v) is 2.20. The summed E-state index contributed by atoms with van der Waals surface area (Å²) in [5, 5.41) is 6.76. The first-order valence-corrected chi connectivity index (χ1v) is 8.46. The van der Waals surface area contributed by atoms with E-state index in [1.165, 1.54) is 12.1 Å². The van der Waals surface area contributed by atoms with Crippen LogP contribution in [0.15, 0.2) is 48.5 Å². The van der Waals surface area contributed by atoms with Crippen molar-refractivity contribution in [2.45, 2.75) is 13.5 Å². The van der Waals surface area contributed by atoms with Gasteiger partial charge in [0, 0.05) is 12.2 Å². The Hall–Kier alpha value is -2.45. The molecule has 25 heavy (non-hydrogen) atoms. The molecular formula is C17H19FN4OS2. The molecule has 0 atom stereocenters. The van der Waals surface area contributed by atoms with Crippen LogP contribution in [0.3, 0.4) is 0 Å². The summed E-state index contributed by atoms with van der Waals surface area (Å²) in [4.78, 5) is 0. The monoisotopic (exact) mass is 378 g/mol. The molecule has 2 rings (SSSR count). The van der Waals surface area contributed by atoms with Crippen LogP contribution in [0, 0.1) is 5.82 Å². The van der Waals surface area contributed by atoms with E-state index < -0.39 is 0 Å². The van der Waals surface area contributed by atoms with E-state index in [1.807, 2.05) is 31.2 Å². The Labute approximate surface area is 156 Å². The molecule has 2 aromatic rings. The van der Waals surface area contributed by atoms with E-state index in [0.29, 0.717) is 23.4 Å². The molecule has 0 spiro atoms. The second-order valence-corrected chi connectivity index (χ2v) is 5.79. The van der Waals surface area contributed by atoms with E-state index in [4.69, 9.17) is 29.2 Å². The molecule has 2 aromatic carbocycles. The molecule has 5 nitrogen and oxygen atoms in total. The van der Waals surface area contributed by atoms with E-state index in [1.54, 1.807) is 12.1 Å². The van der Waals surface area contributed by atoms with Crippen LogP contribution in [0.1, 0.15) is 12.5 Å². The molecule has 0 aliphatic rings. The van der Waals surface area contributed by atoms with E-state index in [9.17, 15) is 4.39 Å². The van der Waals surface area contributed by atoms with Gasteiger partial charge in [0.15, 0.2) is 10.2 Å². The molecule has 4 N–H and O–H groups in total. The van der Waals surface area contributed by atoms with Gasteiger partial charge in [-0.2, -0.15) is 0 Å². The SMILES string of the molecule is CCOc1ccc(NC(=S)NNC(=S)NCc2ccc(F)cc2)cc1. The van der Waals surface area contributed by atoms with Crippen LogP contribution in [0.4, 0.5) is 10.1 Å². The second kappa shape index (κ2) is 9.75. The van der Waals surface area contributed by atoms with Crippen molar-refractivity contribution in [2.75, 3.05) is 11.9 Å². The molecule has 0 aromatic heterocycles. The van der Waals surface area contributed by atoms with Gasteiger partial charge in [0.05, 0.1) is 6.61 Å². The number of hydrazine groups is 1. The van der Waals surface area contributed by atoms with E-state index in [0.717, 1.165) is 17.0 Å². The summed E-state index contributed by atoms with van der Waals surface area (Å²) >= 11 is 10.3. The van der Waals surface area contributed by atoms with E-state index in [2.05, 4.69) is 21.5 Å². The smallest absolute Gasteiger partial charge is 0.189 e. The van der Waals surface area contributed by atoms with Crippen molar-refractivity contribution in [3.63, 3.8) is 0 Å². The zero-order chi connectivity index (χ0) is 18.1. The van der Waals surface area contributed by atoms with Crippen molar-refractivity contribution >= 4 is 40.3 Å². The van der Waals surface area contributed by atoms with Gasteiger partial charge in [-0.3, -0.25) is 10.9 Å². The van der Waals surface area contributed by atoms with Crippen LogP contribution in [0.5, 0.6) is 5.75 Å². The molecule has 132 valence electrons. The van der Waals surface area contributed by atoms with Gasteiger partial charge in [-0.25, -0.2) is 4.39 Å². The van der Waals surface area contributed by atoms with E-state index >= 15 is 0 Å². The topological polar surface area (TPSA) is 57.4 Å². The van der Waals surface area contributed by atoms with E-state index in [-0.39, 0.29) is 5.82 Å². The highest BCUT2D eigenvalue weighted by Crippen LogP contribution is 2.15. The molecule has 0 saturated carbocycles. The van der Waals surface area contributed by atoms with Crippen molar-refractivity contribution in [3.05, 3.63) is 59.9 Å². The fraction of sp³-hybridized carbons (Fsp3) is 0.176. The molecule has 0 bridgehead atoms. The normalized spacial score (nSPS) is 9.84. The van der Waals surface area contributed by atoms with Crippen molar-refractivity contribution in [1.29, 1.82) is 0 Å². The highest BCUT2D eigenvalue weighted by Gasteiger charge is 2.00. The lowest BCUT2D eigenvalue weighted by molar-refractivity contribution is 0.340. The number of thiocarbonyl (C=S) groups is 2. The lowest BCUT2D eigenvalue weighted by Gasteiger charge is -2.14. The second-order valence-electron chi connectivity index (χ2n) is 4.97. The van der Waals surface area contributed by atoms with Crippen LogP contribution in [-0.4, -0.2) is 16.8 Å². The highest BCUT2D eigenvalue weighted by atomic mass is 32.1. The highest BCUT2D eigenvalue weighted by molar-refractivity contribution is 7.80. The maximum absolute atomic E-state index is 12.8. The maximum Gasteiger partial charge on any atom is 0.189 e. The third-order valence-electron chi connectivity index (χ3n) is 3.08. The predicted octanol–water partition coefficient (Wildman–Crippen LogP) is 3.09. The van der Waals surface area contributed by atoms with Gasteiger partial charge in [-0.15, -0.1) is 0 Å². The first-order valence-electron chi connectivity index (χ1n) is 7.65. The summed E-state index contributed by atoms with van der Waals surface area (Å²) < 4.78 is 18.2. The average molecular weight is 378 g/mol. The van der Waals surface area contributed by atoms with Crippen LogP contribution in [0.2, 0.25) is 0 Å². The number of benzene rings is 2. The predicted molar refractivity (Wildman–Crippen MR) is 106 cm³/mol. The largest absolute Gasteiger partial charge is 0.494 e. The zero-order valence-corrected chi connectivity index (χ0v) is 15.3. The molecular weight excluding hydrogens is 359 g/mol. The Morgan fingerprint density at radius 1 is 0.960 bits per heavy atom. The molecule has 0 aliphatic carbocycles. The maximum atomic E-state index is 12.8. The lowest BCUT2D eigenvalue weighted by atomic mass is 10.2. The number of nitrogens with one attached hydrogen (secondary N) is 4. The Balaban J connectivity index is 1.69. The van der Waals surface area contributed by atoms with Gasteiger partial charge >= 0.3 is 0 Å².